The number of furan rings is 1. The topological polar surface area (TPSA) is 28.4 Å². The molecule has 3 heteroatoms. The summed E-state index contributed by atoms with van der Waals surface area (Å²) in [6.45, 7) is 6.49. The van der Waals surface area contributed by atoms with Crippen LogP contribution < -0.4 is 5.32 Å². The zero-order valence-electron chi connectivity index (χ0n) is 18.8. The number of benzene rings is 3. The van der Waals surface area contributed by atoms with Crippen molar-refractivity contribution in [3.05, 3.63) is 108 Å². The molecule has 5 rings (SSSR count). The van der Waals surface area contributed by atoms with Crippen molar-refractivity contribution in [2.75, 3.05) is 19.6 Å². The van der Waals surface area contributed by atoms with Crippen LogP contribution in [-0.2, 0) is 6.54 Å². The van der Waals surface area contributed by atoms with Crippen LogP contribution in [0.25, 0.3) is 10.8 Å². The molecule has 1 saturated heterocycles. The summed E-state index contributed by atoms with van der Waals surface area (Å²) in [6.07, 6.45) is 4.84. The first-order chi connectivity index (χ1) is 15.8. The number of hydrogen-bond donors (Lipinski definition) is 1. The molecule has 0 spiro atoms. The second-order valence-electron chi connectivity index (χ2n) is 9.13. The minimum Gasteiger partial charge on any atom is -0.472 e. The summed E-state index contributed by atoms with van der Waals surface area (Å²) >= 11 is 0. The Bertz CT molecular complexity index is 1120. The first-order valence-corrected chi connectivity index (χ1v) is 11.8. The molecule has 0 amide bonds. The lowest BCUT2D eigenvalue weighted by Crippen LogP contribution is -2.43. The first-order valence-electron chi connectivity index (χ1n) is 11.8. The molecule has 32 heavy (non-hydrogen) atoms. The quantitative estimate of drug-likeness (QED) is 0.373. The van der Waals surface area contributed by atoms with Gasteiger partial charge in [-0.15, -0.1) is 0 Å². The largest absolute Gasteiger partial charge is 0.472 e. The SMILES string of the molecule is C[C@@H](NCC1CN(Cc2ccoc2)CCC1c1ccccc1)c1cccc2ccccc12. The van der Waals surface area contributed by atoms with Crippen LogP contribution >= 0.6 is 0 Å². The van der Waals surface area contributed by atoms with Gasteiger partial charge in [0.2, 0.25) is 0 Å². The van der Waals surface area contributed by atoms with Crippen molar-refractivity contribution in [2.45, 2.75) is 31.8 Å². The van der Waals surface area contributed by atoms with Gasteiger partial charge in [0.25, 0.3) is 0 Å². The molecule has 3 aromatic carbocycles. The average molecular weight is 425 g/mol. The molecule has 1 aliphatic rings. The highest BCUT2D eigenvalue weighted by Crippen LogP contribution is 2.34. The third-order valence-electron chi connectivity index (χ3n) is 7.01. The molecule has 0 saturated carbocycles. The van der Waals surface area contributed by atoms with Crippen LogP contribution in [-0.4, -0.2) is 24.5 Å². The molecule has 0 aliphatic carbocycles. The highest BCUT2D eigenvalue weighted by molar-refractivity contribution is 5.86. The molecule has 3 atom stereocenters. The molecule has 164 valence electrons. The van der Waals surface area contributed by atoms with E-state index in [1.165, 1.54) is 33.9 Å². The summed E-state index contributed by atoms with van der Waals surface area (Å²) < 4.78 is 5.30. The molecule has 1 aromatic heterocycles. The number of piperidine rings is 1. The van der Waals surface area contributed by atoms with Crippen LogP contribution in [0, 0.1) is 5.92 Å². The van der Waals surface area contributed by atoms with E-state index < -0.39 is 0 Å². The summed E-state index contributed by atoms with van der Waals surface area (Å²) in [4.78, 5) is 2.58. The second-order valence-corrected chi connectivity index (χ2v) is 9.13. The van der Waals surface area contributed by atoms with E-state index in [-0.39, 0.29) is 0 Å². The number of likely N-dealkylation sites (tertiary alicyclic amines) is 1. The smallest absolute Gasteiger partial charge is 0.0947 e. The normalized spacial score (nSPS) is 20.4. The van der Waals surface area contributed by atoms with Gasteiger partial charge in [0, 0.05) is 31.2 Å². The number of nitrogens with zero attached hydrogens (tertiary/aromatic N) is 1. The van der Waals surface area contributed by atoms with Gasteiger partial charge in [-0.3, -0.25) is 4.90 Å². The first kappa shape index (κ1) is 21.0. The Morgan fingerprint density at radius 2 is 1.78 bits per heavy atom. The van der Waals surface area contributed by atoms with E-state index in [9.17, 15) is 0 Å². The molecule has 4 aromatic rings. The zero-order valence-corrected chi connectivity index (χ0v) is 18.8. The van der Waals surface area contributed by atoms with Gasteiger partial charge >= 0.3 is 0 Å². The van der Waals surface area contributed by atoms with Crippen LogP contribution in [0.1, 0.15) is 42.0 Å². The Hall–Kier alpha value is -2.88. The highest BCUT2D eigenvalue weighted by Gasteiger charge is 2.30. The van der Waals surface area contributed by atoms with E-state index in [0.29, 0.717) is 17.9 Å². The third kappa shape index (κ3) is 4.64. The lowest BCUT2D eigenvalue weighted by molar-refractivity contribution is 0.142. The van der Waals surface area contributed by atoms with E-state index in [1.54, 1.807) is 6.26 Å². The summed E-state index contributed by atoms with van der Waals surface area (Å²) in [7, 11) is 0. The van der Waals surface area contributed by atoms with Crippen molar-refractivity contribution in [2.24, 2.45) is 5.92 Å². The van der Waals surface area contributed by atoms with Crippen LogP contribution in [0.15, 0.2) is 95.8 Å². The lowest BCUT2D eigenvalue weighted by Gasteiger charge is -2.39. The minimum absolute atomic E-state index is 0.307. The van der Waals surface area contributed by atoms with Gasteiger partial charge in [-0.2, -0.15) is 0 Å². The molecular formula is C29H32N2O. The highest BCUT2D eigenvalue weighted by atomic mass is 16.3. The van der Waals surface area contributed by atoms with Crippen molar-refractivity contribution in [1.29, 1.82) is 0 Å². The minimum atomic E-state index is 0.307. The van der Waals surface area contributed by atoms with E-state index >= 15 is 0 Å². The monoisotopic (exact) mass is 424 g/mol. The van der Waals surface area contributed by atoms with Crippen molar-refractivity contribution in [1.82, 2.24) is 10.2 Å². The molecule has 3 nitrogen and oxygen atoms in total. The maximum absolute atomic E-state index is 5.30. The number of fused-ring (bicyclic) bond motifs is 1. The maximum atomic E-state index is 5.30. The Morgan fingerprint density at radius 3 is 2.62 bits per heavy atom. The van der Waals surface area contributed by atoms with Gasteiger partial charge in [0.05, 0.1) is 12.5 Å². The molecular weight excluding hydrogens is 392 g/mol. The molecule has 0 bridgehead atoms. The van der Waals surface area contributed by atoms with Gasteiger partial charge in [-0.25, -0.2) is 0 Å². The van der Waals surface area contributed by atoms with Crippen LogP contribution in [0.3, 0.4) is 0 Å². The fourth-order valence-corrected chi connectivity index (χ4v) is 5.30. The zero-order chi connectivity index (χ0) is 21.8. The van der Waals surface area contributed by atoms with Gasteiger partial charge < -0.3 is 9.73 Å². The summed E-state index contributed by atoms with van der Waals surface area (Å²) in [5, 5.41) is 6.55. The van der Waals surface area contributed by atoms with Crippen molar-refractivity contribution < 1.29 is 4.42 Å². The van der Waals surface area contributed by atoms with Crippen LogP contribution in [0.5, 0.6) is 0 Å². The van der Waals surface area contributed by atoms with Crippen molar-refractivity contribution in [3.63, 3.8) is 0 Å². The second kappa shape index (κ2) is 9.72. The van der Waals surface area contributed by atoms with Gasteiger partial charge in [0.15, 0.2) is 0 Å². The van der Waals surface area contributed by atoms with Crippen molar-refractivity contribution in [3.8, 4) is 0 Å². The van der Waals surface area contributed by atoms with Gasteiger partial charge in [-0.1, -0.05) is 72.8 Å². The molecule has 1 N–H and O–H groups in total. The number of rotatable bonds is 7. The van der Waals surface area contributed by atoms with Crippen LogP contribution in [0.4, 0.5) is 0 Å². The van der Waals surface area contributed by atoms with Gasteiger partial charge in [0.1, 0.15) is 0 Å². The predicted octanol–water partition coefficient (Wildman–Crippen LogP) is 6.39. The number of nitrogens with one attached hydrogen (secondary N) is 1. The Morgan fingerprint density at radius 1 is 0.969 bits per heavy atom. The van der Waals surface area contributed by atoms with Gasteiger partial charge in [-0.05, 0) is 59.7 Å². The van der Waals surface area contributed by atoms with Crippen molar-refractivity contribution >= 4 is 10.8 Å². The van der Waals surface area contributed by atoms with E-state index in [4.69, 9.17) is 4.42 Å². The average Bonchev–Trinajstić information content (AvgIpc) is 3.36. The summed E-state index contributed by atoms with van der Waals surface area (Å²) in [5.41, 5.74) is 4.12. The van der Waals surface area contributed by atoms with E-state index in [1.807, 2.05) is 6.26 Å². The predicted molar refractivity (Wildman–Crippen MR) is 132 cm³/mol. The number of hydrogen-bond acceptors (Lipinski definition) is 3. The Labute approximate surface area is 191 Å². The fourth-order valence-electron chi connectivity index (χ4n) is 5.30. The maximum Gasteiger partial charge on any atom is 0.0947 e. The standard InChI is InChI=1S/C29H32N2O/c1-22(27-13-7-11-25-10-5-6-12-29(25)27)30-18-26-20-31(19-23-15-17-32-21-23)16-14-28(26)24-8-3-2-4-9-24/h2-13,15,17,21-22,26,28,30H,14,16,18-20H2,1H3/t22-,26?,28?/m1/s1. The molecule has 0 radical (unpaired) electrons. The van der Waals surface area contributed by atoms with E-state index in [2.05, 4.69) is 96.0 Å². The molecule has 2 heterocycles. The molecule has 1 aliphatic heterocycles. The lowest BCUT2D eigenvalue weighted by atomic mass is 9.80. The van der Waals surface area contributed by atoms with E-state index in [0.717, 1.165) is 26.2 Å². The Balaban J connectivity index is 1.32. The third-order valence-corrected chi connectivity index (χ3v) is 7.01. The summed E-state index contributed by atoms with van der Waals surface area (Å²) in [6, 6.07) is 28.8. The molecule has 1 fully saturated rings. The Kier molecular flexibility index (Phi) is 6.38. The fraction of sp³-hybridized carbons (Fsp3) is 0.310. The summed E-state index contributed by atoms with van der Waals surface area (Å²) in [5.74, 6) is 1.15. The molecule has 2 unspecified atom stereocenters. The van der Waals surface area contributed by atoms with Crippen LogP contribution in [0.2, 0.25) is 0 Å².